The molecule has 6 heteroatoms. The van der Waals surface area contributed by atoms with Gasteiger partial charge < -0.3 is 5.11 Å². The minimum absolute atomic E-state index is 0.0214. The van der Waals surface area contributed by atoms with Crippen molar-refractivity contribution < 1.29 is 18.3 Å². The lowest BCUT2D eigenvalue weighted by Gasteiger charge is -2.23. The molecule has 1 atom stereocenters. The van der Waals surface area contributed by atoms with Crippen LogP contribution >= 0.6 is 0 Å². The van der Waals surface area contributed by atoms with E-state index < -0.39 is 16.0 Å². The van der Waals surface area contributed by atoms with E-state index >= 15 is 0 Å². The van der Waals surface area contributed by atoms with Gasteiger partial charge in [0.2, 0.25) is 10.0 Å². The Kier molecular flexibility index (Phi) is 3.91. The third-order valence-corrected chi connectivity index (χ3v) is 5.51. The molecule has 5 nitrogen and oxygen atoms in total. The SMILES string of the molecule is CCC1CCCN1S(=O)(=O)c1ccccc1C(=O)O. The fraction of sp³-hybridized carbons (Fsp3) is 0.462. The van der Waals surface area contributed by atoms with Gasteiger partial charge in [0.25, 0.3) is 0 Å². The number of carboxylic acids is 1. The van der Waals surface area contributed by atoms with Crippen LogP contribution in [0.15, 0.2) is 29.2 Å². The summed E-state index contributed by atoms with van der Waals surface area (Å²) in [6.45, 7) is 2.41. The Morgan fingerprint density at radius 1 is 1.42 bits per heavy atom. The number of carboxylic acid groups (broad SMARTS) is 1. The van der Waals surface area contributed by atoms with Gasteiger partial charge in [-0.15, -0.1) is 0 Å². The Balaban J connectivity index is 2.48. The standard InChI is InChI=1S/C13H17NO4S/c1-2-10-6-5-9-14(10)19(17,18)12-8-4-3-7-11(12)13(15)16/h3-4,7-8,10H,2,5-6,9H2,1H3,(H,15,16). The third kappa shape index (κ3) is 2.50. The van der Waals surface area contributed by atoms with Gasteiger partial charge in [-0.1, -0.05) is 19.1 Å². The Hall–Kier alpha value is -1.40. The van der Waals surface area contributed by atoms with Crippen molar-refractivity contribution in [2.24, 2.45) is 0 Å². The zero-order valence-corrected chi connectivity index (χ0v) is 11.6. The van der Waals surface area contributed by atoms with Crippen LogP contribution in [0.5, 0.6) is 0 Å². The molecule has 0 bridgehead atoms. The first-order chi connectivity index (χ1) is 8.98. The summed E-state index contributed by atoms with van der Waals surface area (Å²) < 4.78 is 26.6. The van der Waals surface area contributed by atoms with Gasteiger partial charge in [0, 0.05) is 12.6 Å². The maximum absolute atomic E-state index is 12.6. The average molecular weight is 283 g/mol. The lowest BCUT2D eigenvalue weighted by Crippen LogP contribution is -2.35. The molecular weight excluding hydrogens is 266 g/mol. The van der Waals surface area contributed by atoms with Crippen molar-refractivity contribution in [2.45, 2.75) is 37.1 Å². The Labute approximate surface area is 112 Å². The monoisotopic (exact) mass is 283 g/mol. The van der Waals surface area contributed by atoms with Crippen molar-refractivity contribution in [2.75, 3.05) is 6.54 Å². The van der Waals surface area contributed by atoms with E-state index in [2.05, 4.69) is 0 Å². The van der Waals surface area contributed by atoms with Crippen molar-refractivity contribution in [1.82, 2.24) is 4.31 Å². The summed E-state index contributed by atoms with van der Waals surface area (Å²) in [7, 11) is -3.72. The smallest absolute Gasteiger partial charge is 0.337 e. The Bertz CT molecular complexity index is 582. The lowest BCUT2D eigenvalue weighted by atomic mass is 10.2. The van der Waals surface area contributed by atoms with Crippen LogP contribution in [0.25, 0.3) is 0 Å². The molecule has 1 aromatic carbocycles. The van der Waals surface area contributed by atoms with E-state index in [4.69, 9.17) is 5.11 Å². The van der Waals surface area contributed by atoms with E-state index in [-0.39, 0.29) is 16.5 Å². The van der Waals surface area contributed by atoms with Gasteiger partial charge in [-0.3, -0.25) is 0 Å². The molecule has 0 spiro atoms. The van der Waals surface area contributed by atoms with E-state index in [1.807, 2.05) is 6.92 Å². The van der Waals surface area contributed by atoms with Crippen LogP contribution in [0.1, 0.15) is 36.5 Å². The number of carbonyl (C=O) groups is 1. The number of hydrogen-bond donors (Lipinski definition) is 1. The largest absolute Gasteiger partial charge is 0.478 e. The topological polar surface area (TPSA) is 74.7 Å². The summed E-state index contributed by atoms with van der Waals surface area (Å²) in [6, 6.07) is 5.75. The van der Waals surface area contributed by atoms with Crippen LogP contribution in [-0.2, 0) is 10.0 Å². The quantitative estimate of drug-likeness (QED) is 0.916. The number of nitrogens with zero attached hydrogens (tertiary/aromatic N) is 1. The molecule has 1 aliphatic heterocycles. The number of benzene rings is 1. The molecule has 1 N–H and O–H groups in total. The number of rotatable bonds is 4. The second-order valence-electron chi connectivity index (χ2n) is 4.62. The van der Waals surface area contributed by atoms with Crippen LogP contribution in [0, 0.1) is 0 Å². The maximum Gasteiger partial charge on any atom is 0.337 e. The summed E-state index contributed by atoms with van der Waals surface area (Å²) in [5.41, 5.74) is -0.163. The van der Waals surface area contributed by atoms with Crippen LogP contribution in [0.2, 0.25) is 0 Å². The first-order valence-electron chi connectivity index (χ1n) is 6.32. The predicted octanol–water partition coefficient (Wildman–Crippen LogP) is 1.95. The van der Waals surface area contributed by atoms with Crippen LogP contribution in [-0.4, -0.2) is 36.4 Å². The summed E-state index contributed by atoms with van der Waals surface area (Å²) in [5.74, 6) is -1.22. The lowest BCUT2D eigenvalue weighted by molar-refractivity contribution is 0.0692. The second-order valence-corrected chi connectivity index (χ2v) is 6.48. The first kappa shape index (κ1) is 14.0. The molecule has 1 aliphatic rings. The van der Waals surface area contributed by atoms with Gasteiger partial charge in [0.15, 0.2) is 0 Å². The minimum Gasteiger partial charge on any atom is -0.478 e. The van der Waals surface area contributed by atoms with Crippen LogP contribution in [0.3, 0.4) is 0 Å². The zero-order valence-electron chi connectivity index (χ0n) is 10.7. The third-order valence-electron chi connectivity index (χ3n) is 3.50. The van der Waals surface area contributed by atoms with Crippen LogP contribution in [0.4, 0.5) is 0 Å². The molecule has 0 aliphatic carbocycles. The minimum atomic E-state index is -3.72. The average Bonchev–Trinajstić information content (AvgIpc) is 2.87. The fourth-order valence-electron chi connectivity index (χ4n) is 2.53. The van der Waals surface area contributed by atoms with E-state index in [0.29, 0.717) is 6.54 Å². The van der Waals surface area contributed by atoms with E-state index in [1.165, 1.54) is 22.5 Å². The summed E-state index contributed by atoms with van der Waals surface area (Å²) in [5, 5.41) is 9.11. The molecule has 0 amide bonds. The second kappa shape index (κ2) is 5.30. The molecule has 1 unspecified atom stereocenters. The zero-order chi connectivity index (χ0) is 14.0. The molecule has 1 heterocycles. The molecule has 0 aromatic heterocycles. The van der Waals surface area contributed by atoms with Crippen molar-refractivity contribution in [3.63, 3.8) is 0 Å². The molecule has 1 fully saturated rings. The van der Waals surface area contributed by atoms with Crippen LogP contribution < -0.4 is 0 Å². The van der Waals surface area contributed by atoms with E-state index in [9.17, 15) is 13.2 Å². The van der Waals surface area contributed by atoms with Gasteiger partial charge in [0.1, 0.15) is 0 Å². The maximum atomic E-state index is 12.6. The summed E-state index contributed by atoms with van der Waals surface area (Å²) in [6.07, 6.45) is 2.41. The van der Waals surface area contributed by atoms with Crippen molar-refractivity contribution in [1.29, 1.82) is 0 Å². The molecular formula is C13H17NO4S. The molecule has 0 radical (unpaired) electrons. The highest BCUT2D eigenvalue weighted by molar-refractivity contribution is 7.89. The van der Waals surface area contributed by atoms with Gasteiger partial charge in [0.05, 0.1) is 10.5 Å². The summed E-state index contributed by atoms with van der Waals surface area (Å²) >= 11 is 0. The number of aromatic carboxylic acids is 1. The highest BCUT2D eigenvalue weighted by Gasteiger charge is 2.36. The molecule has 1 aromatic rings. The predicted molar refractivity (Wildman–Crippen MR) is 70.6 cm³/mol. The number of sulfonamides is 1. The van der Waals surface area contributed by atoms with E-state index in [1.54, 1.807) is 6.07 Å². The van der Waals surface area contributed by atoms with Crippen molar-refractivity contribution in [3.8, 4) is 0 Å². The normalized spacial score (nSPS) is 20.6. The molecule has 2 rings (SSSR count). The fourth-order valence-corrected chi connectivity index (χ4v) is 4.48. The van der Waals surface area contributed by atoms with Crippen molar-refractivity contribution >= 4 is 16.0 Å². The van der Waals surface area contributed by atoms with Gasteiger partial charge in [-0.2, -0.15) is 4.31 Å². The van der Waals surface area contributed by atoms with Gasteiger partial charge in [-0.05, 0) is 31.4 Å². The Morgan fingerprint density at radius 2 is 2.11 bits per heavy atom. The first-order valence-corrected chi connectivity index (χ1v) is 7.76. The molecule has 19 heavy (non-hydrogen) atoms. The highest BCUT2D eigenvalue weighted by atomic mass is 32.2. The molecule has 104 valence electrons. The molecule has 1 saturated heterocycles. The molecule has 0 saturated carbocycles. The Morgan fingerprint density at radius 3 is 2.74 bits per heavy atom. The van der Waals surface area contributed by atoms with E-state index in [0.717, 1.165) is 19.3 Å². The van der Waals surface area contributed by atoms with Crippen molar-refractivity contribution in [3.05, 3.63) is 29.8 Å². The summed E-state index contributed by atoms with van der Waals surface area (Å²) in [4.78, 5) is 11.0. The number of hydrogen-bond acceptors (Lipinski definition) is 3. The van der Waals surface area contributed by atoms with Gasteiger partial charge >= 0.3 is 5.97 Å². The van der Waals surface area contributed by atoms with Gasteiger partial charge in [-0.25, -0.2) is 13.2 Å². The highest BCUT2D eigenvalue weighted by Crippen LogP contribution is 2.29.